The van der Waals surface area contributed by atoms with Crippen molar-refractivity contribution in [2.45, 2.75) is 50.1 Å². The number of methoxy groups -OCH3 is 1. The summed E-state index contributed by atoms with van der Waals surface area (Å²) >= 11 is 0. The zero-order chi connectivity index (χ0) is 17.2. The lowest BCUT2D eigenvalue weighted by atomic mass is 10.2. The molecule has 3 rings (SSSR count). The molecule has 0 bridgehead atoms. The van der Waals surface area contributed by atoms with Crippen molar-refractivity contribution < 1.29 is 17.6 Å². The van der Waals surface area contributed by atoms with E-state index in [1.165, 1.54) is 0 Å². The summed E-state index contributed by atoms with van der Waals surface area (Å²) in [6.45, 7) is 2.07. The molecule has 0 radical (unpaired) electrons. The average Bonchev–Trinajstić information content (AvgIpc) is 3.25. The summed E-state index contributed by atoms with van der Waals surface area (Å²) in [5, 5.41) is 0. The zero-order valence-electron chi connectivity index (χ0n) is 14.1. The molecule has 0 unspecified atom stereocenters. The lowest BCUT2D eigenvalue weighted by molar-refractivity contribution is 0.292. The third kappa shape index (κ3) is 3.35. The van der Waals surface area contributed by atoms with Crippen LogP contribution in [0.25, 0.3) is 0 Å². The normalized spacial score (nSPS) is 16.0. The number of hydrogen-bond acceptors (Lipinski definition) is 4. The molecule has 0 spiro atoms. The van der Waals surface area contributed by atoms with Gasteiger partial charge in [0.15, 0.2) is 0 Å². The molecule has 1 aromatic carbocycles. The van der Waals surface area contributed by atoms with Crippen LogP contribution in [-0.4, -0.2) is 25.9 Å². The molecule has 1 aromatic heterocycles. The highest BCUT2D eigenvalue weighted by Gasteiger charge is 2.34. The van der Waals surface area contributed by atoms with Gasteiger partial charge >= 0.3 is 0 Å². The maximum absolute atomic E-state index is 13.3. The molecule has 0 atom stereocenters. The summed E-state index contributed by atoms with van der Waals surface area (Å²) in [6, 6.07) is 8.72. The quantitative estimate of drug-likeness (QED) is 0.797. The number of rotatable bonds is 6. The molecule has 1 saturated carbocycles. The molecule has 6 heteroatoms. The van der Waals surface area contributed by atoms with Crippen molar-refractivity contribution in [2.24, 2.45) is 0 Å². The Labute approximate surface area is 143 Å². The van der Waals surface area contributed by atoms with Crippen LogP contribution in [0.2, 0.25) is 0 Å². The second kappa shape index (κ2) is 6.99. The van der Waals surface area contributed by atoms with Crippen LogP contribution < -0.4 is 4.74 Å². The van der Waals surface area contributed by atoms with Crippen molar-refractivity contribution >= 4 is 10.0 Å². The van der Waals surface area contributed by atoms with Gasteiger partial charge in [0, 0.05) is 6.04 Å². The molecule has 1 aliphatic rings. The van der Waals surface area contributed by atoms with Crippen molar-refractivity contribution in [2.75, 3.05) is 7.11 Å². The molecule has 0 aliphatic heterocycles. The molecular formula is C18H23NO4S. The van der Waals surface area contributed by atoms with Crippen LogP contribution in [0.4, 0.5) is 0 Å². The molecule has 1 heterocycles. The van der Waals surface area contributed by atoms with E-state index in [1.807, 2.05) is 6.07 Å². The van der Waals surface area contributed by atoms with Crippen LogP contribution in [0, 0.1) is 6.92 Å². The Morgan fingerprint density at radius 3 is 2.58 bits per heavy atom. The van der Waals surface area contributed by atoms with Crippen molar-refractivity contribution in [1.29, 1.82) is 0 Å². The Morgan fingerprint density at radius 2 is 2.00 bits per heavy atom. The van der Waals surface area contributed by atoms with Gasteiger partial charge in [0.25, 0.3) is 0 Å². The van der Waals surface area contributed by atoms with Crippen molar-refractivity contribution in [3.05, 3.63) is 47.9 Å². The fourth-order valence-electron chi connectivity index (χ4n) is 3.32. The Kier molecular flexibility index (Phi) is 4.96. The van der Waals surface area contributed by atoms with Gasteiger partial charge in [0.2, 0.25) is 10.0 Å². The second-order valence-electron chi connectivity index (χ2n) is 6.20. The van der Waals surface area contributed by atoms with Gasteiger partial charge in [-0.2, -0.15) is 4.31 Å². The summed E-state index contributed by atoms with van der Waals surface area (Å²) in [5.74, 6) is 1.32. The van der Waals surface area contributed by atoms with E-state index in [9.17, 15) is 8.42 Å². The van der Waals surface area contributed by atoms with E-state index in [1.54, 1.807) is 48.9 Å². The molecule has 1 aliphatic carbocycles. The van der Waals surface area contributed by atoms with Gasteiger partial charge in [-0.25, -0.2) is 8.42 Å². The van der Waals surface area contributed by atoms with Crippen LogP contribution in [0.15, 0.2) is 45.9 Å². The largest absolute Gasteiger partial charge is 0.497 e. The first-order valence-electron chi connectivity index (χ1n) is 8.21. The van der Waals surface area contributed by atoms with Crippen molar-refractivity contribution in [3.63, 3.8) is 0 Å². The second-order valence-corrected chi connectivity index (χ2v) is 8.06. The summed E-state index contributed by atoms with van der Waals surface area (Å²) in [7, 11) is -2.02. The zero-order valence-corrected chi connectivity index (χ0v) is 14.9. The molecule has 2 aromatic rings. The number of sulfonamides is 1. The van der Waals surface area contributed by atoms with E-state index in [0.717, 1.165) is 25.7 Å². The van der Waals surface area contributed by atoms with Gasteiger partial charge in [-0.05, 0) is 55.7 Å². The van der Waals surface area contributed by atoms with E-state index in [-0.39, 0.29) is 12.6 Å². The number of nitrogens with zero attached hydrogens (tertiary/aromatic N) is 1. The molecule has 130 valence electrons. The van der Waals surface area contributed by atoms with Crippen LogP contribution in [0.5, 0.6) is 5.75 Å². The lowest BCUT2D eigenvalue weighted by Crippen LogP contribution is -2.38. The fourth-order valence-corrected chi connectivity index (χ4v) is 5.18. The van der Waals surface area contributed by atoms with Gasteiger partial charge in [0.1, 0.15) is 11.5 Å². The first-order valence-corrected chi connectivity index (χ1v) is 9.65. The average molecular weight is 349 g/mol. The number of hydrogen-bond donors (Lipinski definition) is 0. The highest BCUT2D eigenvalue weighted by Crippen LogP contribution is 2.32. The minimum Gasteiger partial charge on any atom is -0.497 e. The monoisotopic (exact) mass is 349 g/mol. The van der Waals surface area contributed by atoms with E-state index in [2.05, 4.69) is 0 Å². The topological polar surface area (TPSA) is 59.8 Å². The number of benzene rings is 1. The SMILES string of the molecule is COc1ccc(S(=O)(=O)N(Cc2ccco2)C2CCCC2)c(C)c1. The van der Waals surface area contributed by atoms with Crippen LogP contribution in [0.1, 0.15) is 37.0 Å². The third-order valence-electron chi connectivity index (χ3n) is 4.59. The van der Waals surface area contributed by atoms with E-state index in [0.29, 0.717) is 22.0 Å². The number of aryl methyl sites for hydroxylation is 1. The molecular weight excluding hydrogens is 326 g/mol. The Morgan fingerprint density at radius 1 is 1.25 bits per heavy atom. The van der Waals surface area contributed by atoms with Crippen molar-refractivity contribution in [3.8, 4) is 5.75 Å². The van der Waals surface area contributed by atoms with Gasteiger partial charge in [-0.15, -0.1) is 0 Å². The molecule has 1 fully saturated rings. The number of furan rings is 1. The van der Waals surface area contributed by atoms with E-state index >= 15 is 0 Å². The lowest BCUT2D eigenvalue weighted by Gasteiger charge is -2.28. The smallest absolute Gasteiger partial charge is 0.244 e. The van der Waals surface area contributed by atoms with E-state index in [4.69, 9.17) is 9.15 Å². The summed E-state index contributed by atoms with van der Waals surface area (Å²) in [5.41, 5.74) is 0.691. The standard InChI is InChI=1S/C18H23NO4S/c1-14-12-16(22-2)9-10-18(14)24(20,21)19(15-6-3-4-7-15)13-17-8-5-11-23-17/h5,8-12,15H,3-4,6-7,13H2,1-2H3. The molecule has 0 amide bonds. The van der Waals surface area contributed by atoms with Gasteiger partial charge in [-0.3, -0.25) is 0 Å². The first-order chi connectivity index (χ1) is 11.5. The highest BCUT2D eigenvalue weighted by atomic mass is 32.2. The predicted molar refractivity (Wildman–Crippen MR) is 91.4 cm³/mol. The minimum absolute atomic E-state index is 0.0293. The van der Waals surface area contributed by atoms with Crippen LogP contribution in [-0.2, 0) is 16.6 Å². The maximum Gasteiger partial charge on any atom is 0.244 e. The fraction of sp³-hybridized carbons (Fsp3) is 0.444. The highest BCUT2D eigenvalue weighted by molar-refractivity contribution is 7.89. The Hall–Kier alpha value is -1.79. The van der Waals surface area contributed by atoms with Crippen LogP contribution >= 0.6 is 0 Å². The van der Waals surface area contributed by atoms with E-state index < -0.39 is 10.0 Å². The Bertz CT molecular complexity index is 777. The molecule has 0 N–H and O–H groups in total. The van der Waals surface area contributed by atoms with Gasteiger partial charge < -0.3 is 9.15 Å². The summed E-state index contributed by atoms with van der Waals surface area (Å²) < 4.78 is 38.8. The summed E-state index contributed by atoms with van der Waals surface area (Å²) in [4.78, 5) is 0.335. The minimum atomic E-state index is -3.60. The molecule has 5 nitrogen and oxygen atoms in total. The van der Waals surface area contributed by atoms with Gasteiger partial charge in [-0.1, -0.05) is 12.8 Å². The molecule has 0 saturated heterocycles. The maximum atomic E-state index is 13.3. The first kappa shape index (κ1) is 17.0. The van der Waals surface area contributed by atoms with Gasteiger partial charge in [0.05, 0.1) is 24.8 Å². The molecule has 24 heavy (non-hydrogen) atoms. The predicted octanol–water partition coefficient (Wildman–Crippen LogP) is 3.73. The Balaban J connectivity index is 1.98. The number of ether oxygens (including phenoxy) is 1. The van der Waals surface area contributed by atoms with Crippen LogP contribution in [0.3, 0.4) is 0 Å². The summed E-state index contributed by atoms with van der Waals surface area (Å²) in [6.07, 6.45) is 5.50. The third-order valence-corrected chi connectivity index (χ3v) is 6.65. The van der Waals surface area contributed by atoms with Crippen molar-refractivity contribution in [1.82, 2.24) is 4.31 Å².